The number of aromatic nitrogens is 2. The molecule has 0 fully saturated rings. The van der Waals surface area contributed by atoms with Crippen LogP contribution in [0.25, 0.3) is 11.1 Å². The highest BCUT2D eigenvalue weighted by Crippen LogP contribution is 2.25. The van der Waals surface area contributed by atoms with Crippen LogP contribution in [0.4, 0.5) is 0 Å². The van der Waals surface area contributed by atoms with Crippen molar-refractivity contribution in [3.8, 4) is 5.75 Å². The number of ether oxygens (including phenoxy) is 2. The van der Waals surface area contributed by atoms with E-state index in [1.165, 1.54) is 31.1 Å². The van der Waals surface area contributed by atoms with Gasteiger partial charge in [-0.2, -0.15) is 0 Å². The predicted octanol–water partition coefficient (Wildman–Crippen LogP) is 2.15. The Morgan fingerprint density at radius 2 is 1.92 bits per heavy atom. The van der Waals surface area contributed by atoms with Gasteiger partial charge in [-0.05, 0) is 31.5 Å². The largest absolute Gasteiger partial charge is 0.465 e. The smallest absolute Gasteiger partial charge is 0.348 e. The Hall–Kier alpha value is -3.42. The molecule has 0 aliphatic heterocycles. The van der Waals surface area contributed by atoms with Crippen molar-refractivity contribution in [1.29, 1.82) is 0 Å². The number of furan rings is 1. The SMILES string of the molecule is COC(=O)c1ccc(C)c(OC(=O)c2c(C)oc3ncn(C)c(=O)c23)c1. The Morgan fingerprint density at radius 1 is 1.19 bits per heavy atom. The van der Waals surface area contributed by atoms with Gasteiger partial charge in [0.1, 0.15) is 28.8 Å². The molecule has 0 saturated heterocycles. The Kier molecular flexibility index (Phi) is 4.33. The van der Waals surface area contributed by atoms with Crippen LogP contribution in [0.15, 0.2) is 33.7 Å². The molecular weight excluding hydrogens is 340 g/mol. The number of aryl methyl sites for hydroxylation is 3. The summed E-state index contributed by atoms with van der Waals surface area (Å²) in [6, 6.07) is 4.61. The lowest BCUT2D eigenvalue weighted by molar-refractivity contribution is 0.0597. The number of carbonyl (C=O) groups is 2. The Morgan fingerprint density at radius 3 is 2.62 bits per heavy atom. The molecule has 0 unspecified atom stereocenters. The van der Waals surface area contributed by atoms with E-state index in [0.717, 1.165) is 0 Å². The maximum absolute atomic E-state index is 12.7. The van der Waals surface area contributed by atoms with Gasteiger partial charge in [-0.15, -0.1) is 0 Å². The quantitative estimate of drug-likeness (QED) is 0.523. The van der Waals surface area contributed by atoms with Crippen LogP contribution in [0.1, 0.15) is 32.0 Å². The number of rotatable bonds is 3. The number of hydrogen-bond donors (Lipinski definition) is 0. The number of esters is 2. The summed E-state index contributed by atoms with van der Waals surface area (Å²) < 4.78 is 16.7. The second-order valence-corrected chi connectivity index (χ2v) is 5.74. The van der Waals surface area contributed by atoms with Crippen LogP contribution in [0.5, 0.6) is 5.75 Å². The second kappa shape index (κ2) is 6.47. The third kappa shape index (κ3) is 2.85. The molecule has 0 saturated carbocycles. The van der Waals surface area contributed by atoms with Crippen LogP contribution in [-0.2, 0) is 11.8 Å². The molecular formula is C18H16N2O6. The molecule has 8 heteroatoms. The lowest BCUT2D eigenvalue weighted by Gasteiger charge is -2.09. The van der Waals surface area contributed by atoms with Gasteiger partial charge in [0.05, 0.1) is 12.7 Å². The number of benzene rings is 1. The Balaban J connectivity index is 2.06. The predicted molar refractivity (Wildman–Crippen MR) is 91.5 cm³/mol. The zero-order chi connectivity index (χ0) is 19.0. The summed E-state index contributed by atoms with van der Waals surface area (Å²) in [6.45, 7) is 3.28. The van der Waals surface area contributed by atoms with E-state index >= 15 is 0 Å². The normalized spacial score (nSPS) is 10.8. The van der Waals surface area contributed by atoms with Crippen molar-refractivity contribution < 1.29 is 23.5 Å². The van der Waals surface area contributed by atoms with E-state index in [1.54, 1.807) is 26.0 Å². The standard InChI is InChI=1S/C18H16N2O6/c1-9-5-6-11(17(22)24-4)7-12(9)26-18(23)13-10(2)25-15-14(13)16(21)20(3)8-19-15/h5-8H,1-4H3. The zero-order valence-electron chi connectivity index (χ0n) is 14.7. The van der Waals surface area contributed by atoms with Gasteiger partial charge in [0.2, 0.25) is 5.71 Å². The molecule has 0 radical (unpaired) electrons. The fourth-order valence-corrected chi connectivity index (χ4v) is 2.54. The van der Waals surface area contributed by atoms with Crippen molar-refractivity contribution in [2.24, 2.45) is 7.05 Å². The van der Waals surface area contributed by atoms with Gasteiger partial charge in [0, 0.05) is 7.05 Å². The average molecular weight is 356 g/mol. The van der Waals surface area contributed by atoms with Crippen molar-refractivity contribution in [3.05, 3.63) is 57.3 Å². The van der Waals surface area contributed by atoms with Crippen LogP contribution in [0, 0.1) is 13.8 Å². The molecule has 0 spiro atoms. The second-order valence-electron chi connectivity index (χ2n) is 5.74. The lowest BCUT2D eigenvalue weighted by atomic mass is 10.1. The van der Waals surface area contributed by atoms with Crippen molar-refractivity contribution in [1.82, 2.24) is 9.55 Å². The zero-order valence-corrected chi connectivity index (χ0v) is 14.7. The number of nitrogens with zero attached hydrogens (tertiary/aromatic N) is 2. The molecule has 26 heavy (non-hydrogen) atoms. The van der Waals surface area contributed by atoms with Crippen molar-refractivity contribution in [2.75, 3.05) is 7.11 Å². The summed E-state index contributed by atoms with van der Waals surface area (Å²) in [7, 11) is 2.79. The van der Waals surface area contributed by atoms with Crippen LogP contribution in [0.2, 0.25) is 0 Å². The first-order valence-electron chi connectivity index (χ1n) is 7.69. The highest BCUT2D eigenvalue weighted by Gasteiger charge is 2.25. The number of hydrogen-bond acceptors (Lipinski definition) is 7. The first-order valence-corrected chi connectivity index (χ1v) is 7.69. The molecule has 3 aromatic rings. The van der Waals surface area contributed by atoms with Gasteiger partial charge in [-0.25, -0.2) is 14.6 Å². The van der Waals surface area contributed by atoms with E-state index < -0.39 is 17.5 Å². The third-order valence-electron chi connectivity index (χ3n) is 3.96. The minimum absolute atomic E-state index is 0.0107. The van der Waals surface area contributed by atoms with Crippen molar-refractivity contribution in [3.63, 3.8) is 0 Å². The molecule has 0 bridgehead atoms. The van der Waals surface area contributed by atoms with E-state index in [4.69, 9.17) is 9.15 Å². The van der Waals surface area contributed by atoms with Gasteiger partial charge in [-0.1, -0.05) is 6.07 Å². The van der Waals surface area contributed by atoms with Crippen LogP contribution >= 0.6 is 0 Å². The molecule has 0 aliphatic rings. The fraction of sp³-hybridized carbons (Fsp3) is 0.222. The molecule has 3 rings (SSSR count). The summed E-state index contributed by atoms with van der Waals surface area (Å²) in [5.41, 5.74) is 0.544. The highest BCUT2D eigenvalue weighted by molar-refractivity contribution is 6.04. The van der Waals surface area contributed by atoms with Crippen molar-refractivity contribution >= 4 is 23.0 Å². The maximum Gasteiger partial charge on any atom is 0.348 e. The highest BCUT2D eigenvalue weighted by atomic mass is 16.5. The van der Waals surface area contributed by atoms with E-state index in [-0.39, 0.29) is 33.7 Å². The fourth-order valence-electron chi connectivity index (χ4n) is 2.54. The van der Waals surface area contributed by atoms with Crippen LogP contribution < -0.4 is 10.3 Å². The summed E-state index contributed by atoms with van der Waals surface area (Å²) in [5.74, 6) is -0.906. The molecule has 8 nitrogen and oxygen atoms in total. The van der Waals surface area contributed by atoms with E-state index in [0.29, 0.717) is 5.56 Å². The van der Waals surface area contributed by atoms with Gasteiger partial charge < -0.3 is 18.5 Å². The van der Waals surface area contributed by atoms with Gasteiger partial charge in [-0.3, -0.25) is 4.79 Å². The number of fused-ring (bicyclic) bond motifs is 1. The van der Waals surface area contributed by atoms with Crippen molar-refractivity contribution in [2.45, 2.75) is 13.8 Å². The topological polar surface area (TPSA) is 101 Å². The van der Waals surface area contributed by atoms with Gasteiger partial charge in [0.25, 0.3) is 5.56 Å². The number of methoxy groups -OCH3 is 1. The Bertz CT molecular complexity index is 1090. The summed E-state index contributed by atoms with van der Waals surface area (Å²) in [5, 5.41) is 0.0549. The molecule has 1 aromatic carbocycles. The van der Waals surface area contributed by atoms with Gasteiger partial charge in [0.15, 0.2) is 0 Å². The summed E-state index contributed by atoms with van der Waals surface area (Å²) >= 11 is 0. The summed E-state index contributed by atoms with van der Waals surface area (Å²) in [4.78, 5) is 40.7. The molecule has 0 aliphatic carbocycles. The van der Waals surface area contributed by atoms with E-state index in [2.05, 4.69) is 9.72 Å². The van der Waals surface area contributed by atoms with E-state index in [9.17, 15) is 14.4 Å². The lowest BCUT2D eigenvalue weighted by Crippen LogP contribution is -2.20. The summed E-state index contributed by atoms with van der Waals surface area (Å²) in [6.07, 6.45) is 1.31. The molecule has 2 aromatic heterocycles. The monoisotopic (exact) mass is 356 g/mol. The van der Waals surface area contributed by atoms with Crippen LogP contribution in [0.3, 0.4) is 0 Å². The molecule has 2 heterocycles. The molecule has 0 atom stereocenters. The Labute approximate surface area is 148 Å². The molecule has 0 amide bonds. The van der Waals surface area contributed by atoms with Gasteiger partial charge >= 0.3 is 11.9 Å². The first-order chi connectivity index (χ1) is 12.3. The first kappa shape index (κ1) is 17.4. The number of carbonyl (C=O) groups excluding carboxylic acids is 2. The third-order valence-corrected chi connectivity index (χ3v) is 3.96. The maximum atomic E-state index is 12.7. The van der Waals surface area contributed by atoms with E-state index in [1.807, 2.05) is 0 Å². The molecule has 134 valence electrons. The average Bonchev–Trinajstić information content (AvgIpc) is 2.96. The minimum Gasteiger partial charge on any atom is -0.465 e. The molecule has 0 N–H and O–H groups in total. The van der Waals surface area contributed by atoms with Crippen LogP contribution in [-0.4, -0.2) is 28.6 Å². The minimum atomic E-state index is -0.767.